The molecule has 1 fully saturated rings. The zero-order valence-corrected chi connectivity index (χ0v) is 12.6. The number of rotatable bonds is 4. The highest BCUT2D eigenvalue weighted by Gasteiger charge is 2.26. The molecule has 1 saturated heterocycles. The van der Waals surface area contributed by atoms with Crippen molar-refractivity contribution in [2.24, 2.45) is 5.92 Å². The van der Waals surface area contributed by atoms with Gasteiger partial charge in [0, 0.05) is 20.0 Å². The molecule has 20 heavy (non-hydrogen) atoms. The number of hydrogen-bond acceptors (Lipinski definition) is 3. The van der Waals surface area contributed by atoms with Crippen molar-refractivity contribution < 1.29 is 13.2 Å². The third kappa shape index (κ3) is 4.34. The van der Waals surface area contributed by atoms with Gasteiger partial charge in [0.2, 0.25) is 5.91 Å². The van der Waals surface area contributed by atoms with Crippen LogP contribution in [0.1, 0.15) is 24.8 Å². The Morgan fingerprint density at radius 3 is 2.40 bits per heavy atom. The molecule has 0 aromatic heterocycles. The van der Waals surface area contributed by atoms with Crippen molar-refractivity contribution in [2.75, 3.05) is 18.6 Å². The molecule has 1 amide bonds. The number of sulfone groups is 1. The van der Waals surface area contributed by atoms with Gasteiger partial charge in [0.1, 0.15) is 9.84 Å². The molecule has 0 atom stereocenters. The van der Waals surface area contributed by atoms with Crippen LogP contribution in [0.25, 0.3) is 0 Å². The van der Waals surface area contributed by atoms with E-state index in [-0.39, 0.29) is 23.3 Å². The lowest BCUT2D eigenvalue weighted by molar-refractivity contribution is -0.131. The molecule has 0 spiro atoms. The Balaban J connectivity index is 1.83. The second kappa shape index (κ2) is 6.39. The summed E-state index contributed by atoms with van der Waals surface area (Å²) in [5.74, 6) is 0.767. The van der Waals surface area contributed by atoms with E-state index in [0.29, 0.717) is 25.8 Å². The summed E-state index contributed by atoms with van der Waals surface area (Å²) in [6.07, 6.45) is 1.69. The van der Waals surface area contributed by atoms with Crippen molar-refractivity contribution in [2.45, 2.75) is 25.8 Å². The maximum absolute atomic E-state index is 12.2. The summed E-state index contributed by atoms with van der Waals surface area (Å²) in [4.78, 5) is 13.9. The molecule has 2 rings (SSSR count). The van der Waals surface area contributed by atoms with Crippen molar-refractivity contribution in [3.05, 3.63) is 35.9 Å². The molecule has 110 valence electrons. The van der Waals surface area contributed by atoms with Crippen LogP contribution < -0.4 is 0 Å². The van der Waals surface area contributed by atoms with Crippen LogP contribution in [0.5, 0.6) is 0 Å². The standard InChI is InChI=1S/C15H21NO3S/c1-16(12-14-5-3-2-4-6-14)15(17)11-13-7-9-20(18,19)10-8-13/h2-6,13H,7-12H2,1H3. The first-order valence-electron chi connectivity index (χ1n) is 6.94. The lowest BCUT2D eigenvalue weighted by atomic mass is 9.98. The van der Waals surface area contributed by atoms with Crippen LogP contribution in [0.2, 0.25) is 0 Å². The van der Waals surface area contributed by atoms with Crippen LogP contribution in [0.4, 0.5) is 0 Å². The maximum atomic E-state index is 12.2. The lowest BCUT2D eigenvalue weighted by Gasteiger charge is -2.24. The molecule has 0 bridgehead atoms. The van der Waals surface area contributed by atoms with Gasteiger partial charge in [0.25, 0.3) is 0 Å². The fourth-order valence-corrected chi connectivity index (χ4v) is 4.08. The van der Waals surface area contributed by atoms with Crippen LogP contribution in [0.3, 0.4) is 0 Å². The smallest absolute Gasteiger partial charge is 0.222 e. The number of carbonyl (C=O) groups excluding carboxylic acids is 1. The molecule has 0 unspecified atom stereocenters. The summed E-state index contributed by atoms with van der Waals surface area (Å²) >= 11 is 0. The molecule has 1 aliphatic rings. The molecular weight excluding hydrogens is 274 g/mol. The Morgan fingerprint density at radius 1 is 1.20 bits per heavy atom. The van der Waals surface area contributed by atoms with Crippen LogP contribution in [0, 0.1) is 5.92 Å². The minimum atomic E-state index is -2.85. The van der Waals surface area contributed by atoms with E-state index in [1.165, 1.54) is 0 Å². The van der Waals surface area contributed by atoms with Crippen LogP contribution in [-0.4, -0.2) is 37.8 Å². The van der Waals surface area contributed by atoms with Crippen molar-refractivity contribution in [3.63, 3.8) is 0 Å². The monoisotopic (exact) mass is 295 g/mol. The molecule has 1 heterocycles. The number of carbonyl (C=O) groups is 1. The Bertz CT molecular complexity index is 540. The number of nitrogens with zero attached hydrogens (tertiary/aromatic N) is 1. The van der Waals surface area contributed by atoms with E-state index >= 15 is 0 Å². The van der Waals surface area contributed by atoms with Crippen LogP contribution in [0.15, 0.2) is 30.3 Å². The number of hydrogen-bond donors (Lipinski definition) is 0. The van der Waals surface area contributed by atoms with Crippen LogP contribution >= 0.6 is 0 Å². The predicted octanol–water partition coefficient (Wildman–Crippen LogP) is 1.86. The number of amides is 1. The molecule has 5 heteroatoms. The number of benzene rings is 1. The van der Waals surface area contributed by atoms with Gasteiger partial charge in [-0.2, -0.15) is 0 Å². The van der Waals surface area contributed by atoms with Gasteiger partial charge in [-0.1, -0.05) is 30.3 Å². The summed E-state index contributed by atoms with van der Waals surface area (Å²) in [7, 11) is -1.04. The van der Waals surface area contributed by atoms with Gasteiger partial charge in [0.15, 0.2) is 0 Å². The Morgan fingerprint density at radius 2 is 1.80 bits per heavy atom. The van der Waals surface area contributed by atoms with E-state index in [4.69, 9.17) is 0 Å². The van der Waals surface area contributed by atoms with Gasteiger partial charge in [0.05, 0.1) is 11.5 Å². The molecular formula is C15H21NO3S. The molecule has 1 aromatic rings. The average molecular weight is 295 g/mol. The minimum Gasteiger partial charge on any atom is -0.341 e. The van der Waals surface area contributed by atoms with Crippen LogP contribution in [-0.2, 0) is 21.2 Å². The Labute approximate surface area is 120 Å². The average Bonchev–Trinajstić information content (AvgIpc) is 2.42. The van der Waals surface area contributed by atoms with Gasteiger partial charge in [-0.3, -0.25) is 4.79 Å². The minimum absolute atomic E-state index is 0.0955. The largest absolute Gasteiger partial charge is 0.341 e. The first-order valence-corrected chi connectivity index (χ1v) is 8.77. The van der Waals surface area contributed by atoms with Gasteiger partial charge in [-0.15, -0.1) is 0 Å². The van der Waals surface area contributed by atoms with Crippen molar-refractivity contribution >= 4 is 15.7 Å². The van der Waals surface area contributed by atoms with Gasteiger partial charge in [-0.05, 0) is 24.3 Å². The molecule has 0 radical (unpaired) electrons. The summed E-state index contributed by atoms with van der Waals surface area (Å²) in [5, 5.41) is 0. The second-order valence-electron chi connectivity index (χ2n) is 5.53. The molecule has 0 aliphatic carbocycles. The zero-order valence-electron chi connectivity index (χ0n) is 11.8. The van der Waals surface area contributed by atoms with Gasteiger partial charge in [-0.25, -0.2) is 8.42 Å². The lowest BCUT2D eigenvalue weighted by Crippen LogP contribution is -2.31. The zero-order chi connectivity index (χ0) is 14.6. The summed E-state index contributed by atoms with van der Waals surface area (Å²) in [5.41, 5.74) is 1.11. The summed E-state index contributed by atoms with van der Waals surface area (Å²) in [6, 6.07) is 9.86. The highest BCUT2D eigenvalue weighted by Crippen LogP contribution is 2.22. The first-order chi connectivity index (χ1) is 9.46. The van der Waals surface area contributed by atoms with E-state index in [1.807, 2.05) is 30.3 Å². The highest BCUT2D eigenvalue weighted by molar-refractivity contribution is 7.91. The van der Waals surface area contributed by atoms with Crippen molar-refractivity contribution in [1.82, 2.24) is 4.90 Å². The van der Waals surface area contributed by atoms with Gasteiger partial charge < -0.3 is 4.90 Å². The third-order valence-corrected chi connectivity index (χ3v) is 5.54. The van der Waals surface area contributed by atoms with E-state index in [0.717, 1.165) is 5.56 Å². The molecule has 0 N–H and O–H groups in total. The molecule has 1 aliphatic heterocycles. The van der Waals surface area contributed by atoms with E-state index in [1.54, 1.807) is 11.9 Å². The predicted molar refractivity (Wildman–Crippen MR) is 78.9 cm³/mol. The highest BCUT2D eigenvalue weighted by atomic mass is 32.2. The summed E-state index contributed by atoms with van der Waals surface area (Å²) < 4.78 is 22.7. The third-order valence-electron chi connectivity index (χ3n) is 3.83. The molecule has 0 saturated carbocycles. The fourth-order valence-electron chi connectivity index (χ4n) is 2.49. The first kappa shape index (κ1) is 15.0. The quantitative estimate of drug-likeness (QED) is 0.852. The SMILES string of the molecule is CN(Cc1ccccc1)C(=O)CC1CCS(=O)(=O)CC1. The topological polar surface area (TPSA) is 54.5 Å². The fraction of sp³-hybridized carbons (Fsp3) is 0.533. The normalized spacial score (nSPS) is 18.6. The molecule has 4 nitrogen and oxygen atoms in total. The van der Waals surface area contributed by atoms with E-state index in [2.05, 4.69) is 0 Å². The maximum Gasteiger partial charge on any atom is 0.222 e. The Hall–Kier alpha value is -1.36. The van der Waals surface area contributed by atoms with E-state index in [9.17, 15) is 13.2 Å². The Kier molecular flexibility index (Phi) is 4.81. The molecule has 1 aromatic carbocycles. The van der Waals surface area contributed by atoms with Gasteiger partial charge >= 0.3 is 0 Å². The van der Waals surface area contributed by atoms with E-state index < -0.39 is 9.84 Å². The summed E-state index contributed by atoms with van der Waals surface area (Å²) in [6.45, 7) is 0.602. The van der Waals surface area contributed by atoms with Crippen molar-refractivity contribution in [1.29, 1.82) is 0 Å². The van der Waals surface area contributed by atoms with Crippen molar-refractivity contribution in [3.8, 4) is 0 Å². The second-order valence-corrected chi connectivity index (χ2v) is 7.84.